The third kappa shape index (κ3) is 11.8. The van der Waals surface area contributed by atoms with E-state index in [2.05, 4.69) is 17.4 Å². The topological polar surface area (TPSA) is 168 Å². The zero-order valence-corrected chi connectivity index (χ0v) is 29.0. The minimum absolute atomic E-state index is 0.0300. The third-order valence-electron chi connectivity index (χ3n) is 8.21. The van der Waals surface area contributed by atoms with Crippen molar-refractivity contribution in [2.75, 3.05) is 27.9 Å². The predicted molar refractivity (Wildman–Crippen MR) is 179 cm³/mol. The molecule has 2 amide bonds. The number of ketones is 1. The maximum absolute atomic E-state index is 13.8. The number of allylic oxidation sites excluding steroid dienone is 4. The lowest BCUT2D eigenvalue weighted by Gasteiger charge is -2.30. The van der Waals surface area contributed by atoms with Crippen LogP contribution in [0.3, 0.4) is 0 Å². The summed E-state index contributed by atoms with van der Waals surface area (Å²) >= 11 is 0. The van der Waals surface area contributed by atoms with E-state index in [4.69, 9.17) is 29.5 Å². The maximum Gasteiger partial charge on any atom is 0.405 e. The van der Waals surface area contributed by atoms with Crippen LogP contribution in [-0.4, -0.2) is 81.0 Å². The normalized spacial score (nSPS) is 30.4. The van der Waals surface area contributed by atoms with Gasteiger partial charge in [0.1, 0.15) is 18.4 Å². The number of carbonyl (C=O) groups is 3. The summed E-state index contributed by atoms with van der Waals surface area (Å²) in [6, 6.07) is 0. The van der Waals surface area contributed by atoms with Crippen molar-refractivity contribution >= 4 is 23.5 Å². The lowest BCUT2D eigenvalue weighted by molar-refractivity contribution is -0.119. The quantitative estimate of drug-likeness (QED) is 0.129. The molecule has 1 heterocycles. The Morgan fingerprint density at radius 3 is 2.45 bits per heavy atom. The van der Waals surface area contributed by atoms with Crippen molar-refractivity contribution in [1.29, 1.82) is 0 Å². The molecule has 1 aliphatic heterocycles. The zero-order valence-electron chi connectivity index (χ0n) is 29.0. The molecule has 0 unspecified atom stereocenters. The van der Waals surface area contributed by atoms with Crippen molar-refractivity contribution in [3.8, 4) is 0 Å². The fourth-order valence-electron chi connectivity index (χ4n) is 5.57. The summed E-state index contributed by atoms with van der Waals surface area (Å²) in [6.45, 7) is 9.65. The first-order valence-corrected chi connectivity index (χ1v) is 16.2. The van der Waals surface area contributed by atoms with Crippen LogP contribution in [0.5, 0.6) is 0 Å². The van der Waals surface area contributed by atoms with Crippen molar-refractivity contribution in [1.82, 2.24) is 5.32 Å². The van der Waals surface area contributed by atoms with Gasteiger partial charge in [0.15, 0.2) is 11.9 Å². The van der Waals surface area contributed by atoms with E-state index in [9.17, 15) is 19.5 Å². The highest BCUT2D eigenvalue weighted by atomic mass is 16.6. The summed E-state index contributed by atoms with van der Waals surface area (Å²) < 4.78 is 22.4. The summed E-state index contributed by atoms with van der Waals surface area (Å²) in [5.74, 6) is -1.24. The van der Waals surface area contributed by atoms with Gasteiger partial charge < -0.3 is 39.9 Å². The molecule has 2 rings (SSSR count). The number of nitrogens with two attached hydrogens (primary N) is 1. The van der Waals surface area contributed by atoms with Crippen molar-refractivity contribution in [3.05, 3.63) is 58.6 Å². The molecule has 12 heteroatoms. The molecule has 2 bridgehead atoms. The largest absolute Gasteiger partial charge is 0.494 e. The molecule has 6 atom stereocenters. The van der Waals surface area contributed by atoms with E-state index in [0.29, 0.717) is 29.7 Å². The number of amides is 2. The molecule has 1 aliphatic carbocycles. The van der Waals surface area contributed by atoms with Crippen LogP contribution in [0.25, 0.3) is 0 Å². The van der Waals surface area contributed by atoms with E-state index in [0.717, 1.165) is 25.7 Å². The molecule has 4 N–H and O–H groups in total. The standard InChI is InChI=1S/C35H53N3O9/c1-9-10-11-12-16-46-38-27-20-26-31(40)25(33(27)45-8)17-21(2)18-29(44-7)30(39)23(4)19-24(5)32(47-35(36)42)28(43-6)15-13-14-22(3)34(41)37-26/h13-15,19-21,23,28-30,32,39H,9-12,16-18H2,1-8H3,(H2,36,42)(H,37,41)/b15-13-,22-14+,24-19+,38-27+/t21-,23+,28+,29+,30-,32+/m1/s1. The smallest absolute Gasteiger partial charge is 0.405 e. The number of primary amides is 1. The number of hydrogen-bond donors (Lipinski definition) is 3. The first-order chi connectivity index (χ1) is 22.4. The maximum atomic E-state index is 13.8. The first kappa shape index (κ1) is 39.4. The van der Waals surface area contributed by atoms with E-state index >= 15 is 0 Å². The number of hydrogen-bond acceptors (Lipinski definition) is 10. The summed E-state index contributed by atoms with van der Waals surface area (Å²) in [7, 11) is 4.43. The van der Waals surface area contributed by atoms with Crippen LogP contribution in [0.1, 0.15) is 73.1 Å². The molecule has 0 saturated heterocycles. The fraction of sp³-hybridized carbons (Fsp3) is 0.600. The summed E-state index contributed by atoms with van der Waals surface area (Å²) in [5, 5.41) is 18.4. The molecule has 0 saturated carbocycles. The van der Waals surface area contributed by atoms with Gasteiger partial charge in [0.05, 0.1) is 25.0 Å². The highest BCUT2D eigenvalue weighted by Crippen LogP contribution is 2.30. The number of fused-ring (bicyclic) bond motifs is 2. The van der Waals surface area contributed by atoms with E-state index < -0.39 is 48.1 Å². The van der Waals surface area contributed by atoms with Gasteiger partial charge in [-0.15, -0.1) is 0 Å². The summed E-state index contributed by atoms with van der Waals surface area (Å²) in [4.78, 5) is 44.5. The van der Waals surface area contributed by atoms with Crippen LogP contribution in [0.2, 0.25) is 0 Å². The second kappa shape index (κ2) is 19.8. The Bertz CT molecular complexity index is 1280. The average Bonchev–Trinajstić information content (AvgIpc) is 3.03. The molecular weight excluding hydrogens is 606 g/mol. The van der Waals surface area contributed by atoms with Gasteiger partial charge in [0, 0.05) is 31.3 Å². The molecule has 0 radical (unpaired) electrons. The van der Waals surface area contributed by atoms with Gasteiger partial charge in [0.25, 0.3) is 5.91 Å². The van der Waals surface area contributed by atoms with Crippen LogP contribution in [0.4, 0.5) is 4.79 Å². The number of unbranched alkanes of at least 4 members (excludes halogenated alkanes) is 3. The number of Topliss-reactive ketones (excluding diaryl/α,β-unsaturated/α-hetero) is 1. The molecule has 0 aromatic rings. The lowest BCUT2D eigenvalue weighted by atomic mass is 9.85. The van der Waals surface area contributed by atoms with Crippen molar-refractivity contribution in [3.63, 3.8) is 0 Å². The second-order valence-corrected chi connectivity index (χ2v) is 12.1. The Hall–Kier alpha value is -3.74. The Kier molecular flexibility index (Phi) is 16.6. The summed E-state index contributed by atoms with van der Waals surface area (Å²) in [6.07, 6.45) is 8.47. The molecule has 2 aliphatic rings. The highest BCUT2D eigenvalue weighted by Gasteiger charge is 2.33. The van der Waals surface area contributed by atoms with Gasteiger partial charge in [-0.1, -0.05) is 63.1 Å². The predicted octanol–water partition coefficient (Wildman–Crippen LogP) is 4.79. The number of nitrogens with one attached hydrogen (secondary N) is 1. The highest BCUT2D eigenvalue weighted by molar-refractivity contribution is 6.24. The Balaban J connectivity index is 2.62. The minimum atomic E-state index is -0.988. The molecule has 0 aromatic carbocycles. The number of oxime groups is 1. The lowest BCUT2D eigenvalue weighted by Crippen LogP contribution is -2.37. The molecule has 0 spiro atoms. The average molecular weight is 660 g/mol. The fourth-order valence-corrected chi connectivity index (χ4v) is 5.57. The van der Waals surface area contributed by atoms with E-state index in [1.54, 1.807) is 38.2 Å². The first-order valence-electron chi connectivity index (χ1n) is 16.2. The van der Waals surface area contributed by atoms with Gasteiger partial charge in [0.2, 0.25) is 5.78 Å². The van der Waals surface area contributed by atoms with Gasteiger partial charge in [-0.2, -0.15) is 0 Å². The van der Waals surface area contributed by atoms with Crippen LogP contribution < -0.4 is 11.1 Å². The monoisotopic (exact) mass is 659 g/mol. The Morgan fingerprint density at radius 2 is 1.83 bits per heavy atom. The van der Waals surface area contributed by atoms with Crippen LogP contribution >= 0.6 is 0 Å². The third-order valence-corrected chi connectivity index (χ3v) is 8.21. The number of aliphatic hydroxyl groups is 1. The van der Waals surface area contributed by atoms with Gasteiger partial charge in [-0.05, 0) is 57.1 Å². The van der Waals surface area contributed by atoms with Crippen LogP contribution in [0.15, 0.2) is 63.7 Å². The molecule has 0 aromatic heterocycles. The Morgan fingerprint density at radius 1 is 1.11 bits per heavy atom. The van der Waals surface area contributed by atoms with Crippen molar-refractivity contribution < 1.29 is 43.3 Å². The molecule has 47 heavy (non-hydrogen) atoms. The SMILES string of the molecule is CCCCCCO/N=C1\C=C2NC(=O)/C(C)=C/C=C\[C@H](OC)[C@@H](OC(N)=O)/C(C)=C/[C@H](C)[C@@H](O)[C@@H](OC)C[C@H](C)CC(=C1OC)C2=O. The molecular formula is C35H53N3O9. The van der Waals surface area contributed by atoms with Crippen LogP contribution in [-0.2, 0) is 33.4 Å². The number of carbonyl (C=O) groups excluding carboxylic acids is 3. The van der Waals surface area contributed by atoms with E-state index in [-0.39, 0.29) is 29.5 Å². The zero-order chi connectivity index (χ0) is 35.1. The van der Waals surface area contributed by atoms with Gasteiger partial charge >= 0.3 is 6.09 Å². The number of methoxy groups -OCH3 is 3. The van der Waals surface area contributed by atoms with Gasteiger partial charge in [-0.25, -0.2) is 4.79 Å². The number of nitrogens with zero attached hydrogens (tertiary/aromatic N) is 1. The number of ether oxygens (including phenoxy) is 4. The van der Waals surface area contributed by atoms with Crippen LogP contribution in [0, 0.1) is 11.8 Å². The number of rotatable bonds is 10. The van der Waals surface area contributed by atoms with E-state index in [1.807, 2.05) is 13.8 Å². The molecule has 12 nitrogen and oxygen atoms in total. The Labute approximate surface area is 278 Å². The summed E-state index contributed by atoms with van der Waals surface area (Å²) in [5.41, 5.74) is 6.92. The second-order valence-electron chi connectivity index (χ2n) is 12.1. The van der Waals surface area contributed by atoms with Gasteiger partial charge in [-0.3, -0.25) is 9.59 Å². The minimum Gasteiger partial charge on any atom is -0.494 e. The number of aliphatic hydroxyl groups excluding tert-OH is 1. The van der Waals surface area contributed by atoms with Crippen molar-refractivity contribution in [2.45, 2.75) is 97.6 Å². The molecule has 262 valence electrons. The van der Waals surface area contributed by atoms with E-state index in [1.165, 1.54) is 27.4 Å². The van der Waals surface area contributed by atoms with Crippen molar-refractivity contribution in [2.24, 2.45) is 22.7 Å². The molecule has 0 fully saturated rings.